The van der Waals surface area contributed by atoms with Crippen LogP contribution in [0.15, 0.2) is 0 Å². The molecule has 0 aliphatic carbocycles. The minimum absolute atomic E-state index is 0.199. The predicted molar refractivity (Wildman–Crippen MR) is 123 cm³/mol. The van der Waals surface area contributed by atoms with Gasteiger partial charge in [-0.3, -0.25) is 4.79 Å². The van der Waals surface area contributed by atoms with Crippen molar-refractivity contribution >= 4 is 34.0 Å². The van der Waals surface area contributed by atoms with Gasteiger partial charge in [0.25, 0.3) is 0 Å². The summed E-state index contributed by atoms with van der Waals surface area (Å²) in [7, 11) is -2.32. The number of hydrogen-bond acceptors (Lipinski definition) is 6. The first-order valence-electron chi connectivity index (χ1n) is 10.2. The highest BCUT2D eigenvalue weighted by molar-refractivity contribution is 7.84. The van der Waals surface area contributed by atoms with Crippen molar-refractivity contribution < 1.29 is 27.5 Å². The summed E-state index contributed by atoms with van der Waals surface area (Å²) in [6.45, 7) is 14.6. The molecule has 0 spiro atoms. The van der Waals surface area contributed by atoms with E-state index in [0.717, 1.165) is 6.29 Å². The van der Waals surface area contributed by atoms with E-state index >= 15 is 0 Å². The van der Waals surface area contributed by atoms with Crippen LogP contribution < -0.4 is 9.44 Å². The van der Waals surface area contributed by atoms with Crippen molar-refractivity contribution in [2.75, 3.05) is 26.4 Å². The van der Waals surface area contributed by atoms with E-state index in [1.54, 1.807) is 0 Å². The van der Waals surface area contributed by atoms with E-state index in [-0.39, 0.29) is 20.8 Å². The van der Waals surface area contributed by atoms with E-state index in [4.69, 9.17) is 9.47 Å². The third-order valence-electron chi connectivity index (χ3n) is 4.38. The highest BCUT2D eigenvalue weighted by atomic mass is 32.2. The minimum Gasteiger partial charge on any atom is -0.377 e. The molecule has 8 nitrogen and oxygen atoms in total. The van der Waals surface area contributed by atoms with Crippen LogP contribution in [-0.4, -0.2) is 67.5 Å². The summed E-state index contributed by atoms with van der Waals surface area (Å²) in [5, 5.41) is 0. The highest BCUT2D eigenvalue weighted by Gasteiger charge is 2.41. The second-order valence-corrected chi connectivity index (χ2v) is 13.8. The molecular formula is C21H36N2O6S2. The Labute approximate surface area is 191 Å². The van der Waals surface area contributed by atoms with Gasteiger partial charge < -0.3 is 14.3 Å². The number of aldehydes is 1. The van der Waals surface area contributed by atoms with Crippen molar-refractivity contribution in [2.24, 2.45) is 0 Å². The van der Waals surface area contributed by atoms with Crippen molar-refractivity contribution in [2.45, 2.75) is 81.9 Å². The van der Waals surface area contributed by atoms with Crippen LogP contribution in [0.25, 0.3) is 0 Å². The highest BCUT2D eigenvalue weighted by Crippen LogP contribution is 2.25. The molecule has 2 saturated heterocycles. The van der Waals surface area contributed by atoms with Gasteiger partial charge in [-0.25, -0.2) is 17.9 Å². The van der Waals surface area contributed by atoms with Crippen LogP contribution in [0.4, 0.5) is 0 Å². The molecule has 0 aromatic heterocycles. The SMILES string of the molecule is CC(=O)C#CC1(NS(=O)C(C)(C)C)COC1.CC(C)(C)S(=O)NC1(CCC=O)COC1. The molecule has 31 heavy (non-hydrogen) atoms. The van der Waals surface area contributed by atoms with Gasteiger partial charge in [0.15, 0.2) is 0 Å². The van der Waals surface area contributed by atoms with E-state index in [2.05, 4.69) is 21.3 Å². The first-order chi connectivity index (χ1) is 14.1. The first-order valence-corrected chi connectivity index (χ1v) is 12.5. The van der Waals surface area contributed by atoms with Crippen LogP contribution >= 0.6 is 0 Å². The number of carbonyl (C=O) groups is 2. The lowest BCUT2D eigenvalue weighted by molar-refractivity contribution is -0.112. The maximum atomic E-state index is 11.9. The van der Waals surface area contributed by atoms with Gasteiger partial charge in [0.05, 0.1) is 63.4 Å². The second kappa shape index (κ2) is 11.3. The zero-order valence-electron chi connectivity index (χ0n) is 19.6. The summed E-state index contributed by atoms with van der Waals surface area (Å²) in [6.07, 6.45) is 2.07. The fourth-order valence-corrected chi connectivity index (χ4v) is 4.04. The molecule has 0 amide bonds. The number of ketones is 1. The molecule has 2 unspecified atom stereocenters. The standard InChI is InChI=1S/C11H17NO3S.C10H19NO3S/c1-9(13)5-6-11(7-15-8-11)12-16(14)10(2,3)4;1-9(2,3)15(13)11-10(5-4-6-12)7-14-8-10/h12H,7-8H2,1-4H3;6,11H,4-5,7-8H2,1-3H3. The van der Waals surface area contributed by atoms with E-state index in [9.17, 15) is 18.0 Å². The minimum atomic E-state index is -1.21. The van der Waals surface area contributed by atoms with Gasteiger partial charge in [-0.15, -0.1) is 0 Å². The average Bonchev–Trinajstić information content (AvgIpc) is 2.57. The number of nitrogens with one attached hydrogen (secondary N) is 2. The van der Waals surface area contributed by atoms with Gasteiger partial charge in [0.1, 0.15) is 11.8 Å². The van der Waals surface area contributed by atoms with Gasteiger partial charge in [-0.1, -0.05) is 5.92 Å². The van der Waals surface area contributed by atoms with E-state index in [0.29, 0.717) is 39.3 Å². The van der Waals surface area contributed by atoms with Crippen LogP contribution in [0.1, 0.15) is 61.3 Å². The van der Waals surface area contributed by atoms with Crippen LogP contribution in [0.2, 0.25) is 0 Å². The Morgan fingerprint density at radius 1 is 0.968 bits per heavy atom. The van der Waals surface area contributed by atoms with Crippen LogP contribution in [-0.2, 0) is 41.0 Å². The summed E-state index contributed by atoms with van der Waals surface area (Å²) in [5.74, 6) is 5.09. The topological polar surface area (TPSA) is 111 Å². The maximum absolute atomic E-state index is 11.9. The Morgan fingerprint density at radius 3 is 1.77 bits per heavy atom. The summed E-state index contributed by atoms with van der Waals surface area (Å²) < 4.78 is 39.4. The third-order valence-corrected chi connectivity index (χ3v) is 7.80. The van der Waals surface area contributed by atoms with Crippen molar-refractivity contribution in [1.29, 1.82) is 0 Å². The Kier molecular flexibility index (Phi) is 10.2. The fourth-order valence-electron chi connectivity index (χ4n) is 2.29. The fraction of sp³-hybridized carbons (Fsp3) is 0.810. The molecule has 2 atom stereocenters. The Bertz CT molecular complexity index is 751. The zero-order chi connectivity index (χ0) is 23.9. The van der Waals surface area contributed by atoms with Crippen molar-refractivity contribution in [1.82, 2.24) is 9.44 Å². The van der Waals surface area contributed by atoms with E-state index < -0.39 is 27.5 Å². The largest absolute Gasteiger partial charge is 0.377 e. The van der Waals surface area contributed by atoms with Crippen LogP contribution in [0.3, 0.4) is 0 Å². The Morgan fingerprint density at radius 2 is 1.45 bits per heavy atom. The number of Topliss-reactive ketones (excluding diaryl/α,β-unsaturated/α-hetero) is 1. The lowest BCUT2D eigenvalue weighted by Gasteiger charge is -2.42. The summed E-state index contributed by atoms with van der Waals surface area (Å²) >= 11 is 0. The Hall–Kier alpha value is -0.960. The van der Waals surface area contributed by atoms with Gasteiger partial charge in [-0.2, -0.15) is 0 Å². The third kappa shape index (κ3) is 9.20. The number of carbonyl (C=O) groups excluding carboxylic acids is 2. The quantitative estimate of drug-likeness (QED) is 0.324. The number of rotatable bonds is 7. The average molecular weight is 477 g/mol. The molecule has 10 heteroatoms. The van der Waals surface area contributed by atoms with Crippen molar-refractivity contribution in [3.05, 3.63) is 0 Å². The predicted octanol–water partition coefficient (Wildman–Crippen LogP) is 1.19. The summed E-state index contributed by atoms with van der Waals surface area (Å²) in [6, 6.07) is 0. The molecule has 0 aromatic rings. The number of hydrogen-bond donors (Lipinski definition) is 2. The lowest BCUT2D eigenvalue weighted by atomic mass is 9.93. The monoisotopic (exact) mass is 476 g/mol. The van der Waals surface area contributed by atoms with E-state index in [1.165, 1.54) is 6.92 Å². The molecule has 0 saturated carbocycles. The first kappa shape index (κ1) is 28.1. The molecule has 2 aliphatic heterocycles. The maximum Gasteiger partial charge on any atom is 0.202 e. The molecule has 178 valence electrons. The van der Waals surface area contributed by atoms with E-state index in [1.807, 2.05) is 41.5 Å². The molecule has 2 heterocycles. The molecule has 2 fully saturated rings. The summed E-state index contributed by atoms with van der Waals surface area (Å²) in [5.41, 5.74) is -0.872. The zero-order valence-corrected chi connectivity index (χ0v) is 21.2. The molecule has 2 aliphatic rings. The molecule has 2 rings (SSSR count). The summed E-state index contributed by atoms with van der Waals surface area (Å²) in [4.78, 5) is 21.1. The smallest absolute Gasteiger partial charge is 0.202 e. The van der Waals surface area contributed by atoms with Crippen LogP contribution in [0, 0.1) is 11.8 Å². The Balaban J connectivity index is 0.000000311. The molecule has 0 aromatic carbocycles. The number of ether oxygens (including phenoxy) is 2. The molecule has 0 radical (unpaired) electrons. The van der Waals surface area contributed by atoms with Gasteiger partial charge in [0, 0.05) is 13.3 Å². The van der Waals surface area contributed by atoms with Gasteiger partial charge >= 0.3 is 0 Å². The van der Waals surface area contributed by atoms with Crippen LogP contribution in [0.5, 0.6) is 0 Å². The van der Waals surface area contributed by atoms with Crippen molar-refractivity contribution in [3.8, 4) is 11.8 Å². The molecular weight excluding hydrogens is 440 g/mol. The normalized spacial score (nSPS) is 21.0. The van der Waals surface area contributed by atoms with Crippen molar-refractivity contribution in [3.63, 3.8) is 0 Å². The second-order valence-electron chi connectivity index (χ2n) is 9.83. The lowest BCUT2D eigenvalue weighted by Crippen LogP contribution is -2.62. The molecule has 2 N–H and O–H groups in total. The van der Waals surface area contributed by atoms with Gasteiger partial charge in [0.2, 0.25) is 5.78 Å². The molecule has 0 bridgehead atoms. The van der Waals surface area contributed by atoms with Gasteiger partial charge in [-0.05, 0) is 53.9 Å².